The van der Waals surface area contributed by atoms with E-state index in [0.29, 0.717) is 0 Å². The molecule has 4 rings (SSSR count). The van der Waals surface area contributed by atoms with Crippen LogP contribution in [0.5, 0.6) is 0 Å². The third kappa shape index (κ3) is 3.91. The number of likely N-dealkylation sites (tertiary alicyclic amines) is 1. The first-order valence-corrected chi connectivity index (χ1v) is 9.80. The molecule has 4 heteroatoms. The van der Waals surface area contributed by atoms with Crippen molar-refractivity contribution in [2.45, 2.75) is 32.4 Å². The van der Waals surface area contributed by atoms with Gasteiger partial charge in [0.05, 0.1) is 6.26 Å². The molecule has 2 aromatic rings. The summed E-state index contributed by atoms with van der Waals surface area (Å²) in [4.78, 5) is 7.78. The fourth-order valence-corrected chi connectivity index (χ4v) is 4.49. The van der Waals surface area contributed by atoms with Crippen LogP contribution in [-0.4, -0.2) is 67.1 Å². The number of likely N-dealkylation sites (N-methyl/N-ethyl adjacent to an activating group) is 1. The quantitative estimate of drug-likeness (QED) is 0.851. The molecule has 2 fully saturated rings. The molecule has 1 atom stereocenters. The van der Waals surface area contributed by atoms with Crippen LogP contribution in [-0.2, 0) is 6.54 Å². The lowest BCUT2D eigenvalue weighted by atomic mass is 9.89. The Balaban J connectivity index is 1.29. The Morgan fingerprint density at radius 2 is 1.80 bits per heavy atom. The Morgan fingerprint density at radius 3 is 2.56 bits per heavy atom. The predicted octanol–water partition coefficient (Wildman–Crippen LogP) is 3.28. The second kappa shape index (κ2) is 7.48. The summed E-state index contributed by atoms with van der Waals surface area (Å²) in [5, 5.41) is 1.22. The van der Waals surface area contributed by atoms with Crippen LogP contribution in [0.25, 0.3) is 11.0 Å². The van der Waals surface area contributed by atoms with Crippen molar-refractivity contribution < 1.29 is 4.42 Å². The molecule has 136 valence electrons. The Morgan fingerprint density at radius 1 is 1.04 bits per heavy atom. The van der Waals surface area contributed by atoms with Gasteiger partial charge in [-0.25, -0.2) is 0 Å². The second-order valence-corrected chi connectivity index (χ2v) is 7.99. The van der Waals surface area contributed by atoms with E-state index in [0.717, 1.165) is 24.1 Å². The molecule has 2 aliphatic rings. The molecule has 2 saturated heterocycles. The Hall–Kier alpha value is -1.36. The van der Waals surface area contributed by atoms with Crippen LogP contribution in [0.2, 0.25) is 0 Å². The van der Waals surface area contributed by atoms with Crippen molar-refractivity contribution in [2.75, 3.05) is 46.3 Å². The predicted molar refractivity (Wildman–Crippen MR) is 103 cm³/mol. The van der Waals surface area contributed by atoms with Crippen molar-refractivity contribution in [2.24, 2.45) is 5.92 Å². The molecule has 1 aromatic heterocycles. The van der Waals surface area contributed by atoms with Crippen molar-refractivity contribution in [1.82, 2.24) is 14.7 Å². The lowest BCUT2D eigenvalue weighted by molar-refractivity contribution is 0.0598. The summed E-state index contributed by atoms with van der Waals surface area (Å²) in [6, 6.07) is 9.39. The van der Waals surface area contributed by atoms with Gasteiger partial charge < -0.3 is 9.32 Å². The standard InChI is InChI=1S/C21H31N3O/c1-17(24-12-10-22(2)11-13-24)19-5-8-23(9-6-19)16-18-3-4-21-20(15-18)7-14-25-21/h3-4,7,14-15,17,19H,5-6,8-13,16H2,1-2H3/t17-/m0/s1. The Bertz CT molecular complexity index is 681. The number of benzene rings is 1. The second-order valence-electron chi connectivity index (χ2n) is 7.99. The van der Waals surface area contributed by atoms with E-state index in [1.807, 2.05) is 0 Å². The number of piperidine rings is 1. The smallest absolute Gasteiger partial charge is 0.133 e. The number of piperazine rings is 1. The molecule has 3 heterocycles. The van der Waals surface area contributed by atoms with Crippen LogP contribution >= 0.6 is 0 Å². The van der Waals surface area contributed by atoms with Crippen LogP contribution in [0.3, 0.4) is 0 Å². The number of fused-ring (bicyclic) bond motifs is 1. The van der Waals surface area contributed by atoms with Crippen LogP contribution in [0.15, 0.2) is 34.9 Å². The summed E-state index contributed by atoms with van der Waals surface area (Å²) in [5.74, 6) is 0.857. The minimum atomic E-state index is 0.734. The first kappa shape index (κ1) is 17.1. The van der Waals surface area contributed by atoms with Crippen molar-refractivity contribution >= 4 is 11.0 Å². The molecule has 0 amide bonds. The van der Waals surface area contributed by atoms with E-state index < -0.39 is 0 Å². The molecule has 0 N–H and O–H groups in total. The lowest BCUT2D eigenvalue weighted by Crippen LogP contribution is -2.51. The molecule has 0 radical (unpaired) electrons. The molecule has 0 bridgehead atoms. The van der Waals surface area contributed by atoms with Gasteiger partial charge in [0.2, 0.25) is 0 Å². The number of nitrogens with zero attached hydrogens (tertiary/aromatic N) is 3. The fraction of sp³-hybridized carbons (Fsp3) is 0.619. The molecule has 0 unspecified atom stereocenters. The number of hydrogen-bond acceptors (Lipinski definition) is 4. The molecule has 0 aliphatic carbocycles. The van der Waals surface area contributed by atoms with E-state index in [2.05, 4.69) is 52.9 Å². The van der Waals surface area contributed by atoms with Crippen LogP contribution < -0.4 is 0 Å². The van der Waals surface area contributed by atoms with Gasteiger partial charge in [-0.1, -0.05) is 6.07 Å². The molecular weight excluding hydrogens is 310 g/mol. The van der Waals surface area contributed by atoms with Gasteiger partial charge in [-0.05, 0) is 69.6 Å². The summed E-state index contributed by atoms with van der Waals surface area (Å²) in [6.07, 6.45) is 4.45. The van der Waals surface area contributed by atoms with Gasteiger partial charge in [0.25, 0.3) is 0 Å². The molecule has 1 aromatic carbocycles. The average molecular weight is 341 g/mol. The fourth-order valence-electron chi connectivity index (χ4n) is 4.49. The van der Waals surface area contributed by atoms with Gasteiger partial charge in [0.1, 0.15) is 5.58 Å². The lowest BCUT2D eigenvalue weighted by Gasteiger charge is -2.42. The summed E-state index contributed by atoms with van der Waals surface area (Å²) < 4.78 is 5.45. The number of hydrogen-bond donors (Lipinski definition) is 0. The highest BCUT2D eigenvalue weighted by molar-refractivity contribution is 5.77. The highest BCUT2D eigenvalue weighted by Gasteiger charge is 2.29. The summed E-state index contributed by atoms with van der Waals surface area (Å²) in [7, 11) is 2.24. The molecular formula is C21H31N3O. The monoisotopic (exact) mass is 341 g/mol. The maximum absolute atomic E-state index is 5.45. The van der Waals surface area contributed by atoms with Gasteiger partial charge >= 0.3 is 0 Å². The van der Waals surface area contributed by atoms with Crippen molar-refractivity contribution in [1.29, 1.82) is 0 Å². The summed E-state index contributed by atoms with van der Waals surface area (Å²) >= 11 is 0. The van der Waals surface area contributed by atoms with Crippen molar-refractivity contribution in [3.05, 3.63) is 36.1 Å². The highest BCUT2D eigenvalue weighted by Crippen LogP contribution is 2.26. The number of rotatable bonds is 4. The third-order valence-corrected chi connectivity index (χ3v) is 6.35. The van der Waals surface area contributed by atoms with E-state index in [4.69, 9.17) is 4.42 Å². The van der Waals surface area contributed by atoms with Crippen molar-refractivity contribution in [3.8, 4) is 0 Å². The normalized spacial score (nSPS) is 23.3. The first-order valence-electron chi connectivity index (χ1n) is 9.80. The first-order chi connectivity index (χ1) is 12.2. The van der Waals surface area contributed by atoms with Gasteiger partial charge in [-0.15, -0.1) is 0 Å². The van der Waals surface area contributed by atoms with Crippen LogP contribution in [0.1, 0.15) is 25.3 Å². The molecule has 4 nitrogen and oxygen atoms in total. The van der Waals surface area contributed by atoms with E-state index >= 15 is 0 Å². The minimum Gasteiger partial charge on any atom is -0.464 e. The van der Waals surface area contributed by atoms with Crippen LogP contribution in [0, 0.1) is 5.92 Å². The zero-order chi connectivity index (χ0) is 17.2. The molecule has 25 heavy (non-hydrogen) atoms. The van der Waals surface area contributed by atoms with E-state index in [-0.39, 0.29) is 0 Å². The third-order valence-electron chi connectivity index (χ3n) is 6.35. The summed E-state index contributed by atoms with van der Waals surface area (Å²) in [6.45, 7) is 10.9. The van der Waals surface area contributed by atoms with E-state index in [1.165, 1.54) is 63.1 Å². The van der Waals surface area contributed by atoms with E-state index in [9.17, 15) is 0 Å². The largest absolute Gasteiger partial charge is 0.464 e. The van der Waals surface area contributed by atoms with Gasteiger partial charge in [-0.3, -0.25) is 9.80 Å². The molecule has 2 aliphatic heterocycles. The SMILES string of the molecule is C[C@@H](C1CCN(Cc2ccc3occc3c2)CC1)N1CCN(C)CC1. The zero-order valence-electron chi connectivity index (χ0n) is 15.7. The maximum atomic E-state index is 5.45. The maximum Gasteiger partial charge on any atom is 0.133 e. The van der Waals surface area contributed by atoms with Gasteiger partial charge in [0.15, 0.2) is 0 Å². The zero-order valence-corrected chi connectivity index (χ0v) is 15.7. The average Bonchev–Trinajstić information content (AvgIpc) is 3.10. The van der Waals surface area contributed by atoms with Gasteiger partial charge in [0, 0.05) is 44.2 Å². The van der Waals surface area contributed by atoms with Gasteiger partial charge in [-0.2, -0.15) is 0 Å². The van der Waals surface area contributed by atoms with Crippen LogP contribution in [0.4, 0.5) is 0 Å². The molecule has 0 spiro atoms. The van der Waals surface area contributed by atoms with E-state index in [1.54, 1.807) is 6.26 Å². The number of furan rings is 1. The minimum absolute atomic E-state index is 0.734. The Kier molecular flexibility index (Phi) is 5.11. The summed E-state index contributed by atoms with van der Waals surface area (Å²) in [5.41, 5.74) is 2.39. The Labute approximate surface area is 151 Å². The molecule has 0 saturated carbocycles. The van der Waals surface area contributed by atoms with Crippen molar-refractivity contribution in [3.63, 3.8) is 0 Å². The topological polar surface area (TPSA) is 22.9 Å². The highest BCUT2D eigenvalue weighted by atomic mass is 16.3.